The third-order valence-electron chi connectivity index (χ3n) is 3.14. The smallest absolute Gasteiger partial charge is 0.141 e. The molecule has 2 rings (SSSR count). The van der Waals surface area contributed by atoms with Crippen molar-refractivity contribution in [2.45, 2.75) is 12.5 Å². The molecule has 2 aromatic rings. The zero-order chi connectivity index (χ0) is 13.7. The number of hydrogen-bond acceptors (Lipinski definition) is 3. The predicted octanol–water partition coefficient (Wildman–Crippen LogP) is 3.25. The molecule has 0 bridgehead atoms. The fourth-order valence-corrected chi connectivity index (χ4v) is 2.31. The van der Waals surface area contributed by atoms with Crippen molar-refractivity contribution in [3.8, 4) is 5.75 Å². The van der Waals surface area contributed by atoms with Crippen LogP contribution in [0.3, 0.4) is 0 Å². The van der Waals surface area contributed by atoms with Crippen LogP contribution < -0.4 is 10.1 Å². The van der Waals surface area contributed by atoms with E-state index < -0.39 is 0 Å². The van der Waals surface area contributed by atoms with Gasteiger partial charge >= 0.3 is 0 Å². The van der Waals surface area contributed by atoms with Gasteiger partial charge in [-0.1, -0.05) is 29.8 Å². The molecule has 1 unspecified atom stereocenters. The molecule has 0 aliphatic heterocycles. The van der Waals surface area contributed by atoms with Crippen molar-refractivity contribution >= 4 is 11.6 Å². The second kappa shape index (κ2) is 6.55. The van der Waals surface area contributed by atoms with Crippen LogP contribution in [0.5, 0.6) is 5.75 Å². The van der Waals surface area contributed by atoms with Crippen LogP contribution in [0.15, 0.2) is 42.7 Å². The minimum absolute atomic E-state index is 0.137. The van der Waals surface area contributed by atoms with Crippen molar-refractivity contribution in [1.29, 1.82) is 0 Å². The third kappa shape index (κ3) is 3.25. The Hall–Kier alpha value is -1.58. The summed E-state index contributed by atoms with van der Waals surface area (Å²) in [6.07, 6.45) is 4.30. The van der Waals surface area contributed by atoms with Gasteiger partial charge < -0.3 is 10.1 Å². The molecule has 0 aliphatic rings. The first-order valence-electron chi connectivity index (χ1n) is 6.14. The molecule has 4 heteroatoms. The number of ether oxygens (including phenoxy) is 1. The Morgan fingerprint density at radius 1 is 1.32 bits per heavy atom. The van der Waals surface area contributed by atoms with Crippen LogP contribution in [0.2, 0.25) is 5.02 Å². The van der Waals surface area contributed by atoms with E-state index in [4.69, 9.17) is 16.3 Å². The van der Waals surface area contributed by atoms with Gasteiger partial charge in [-0.05, 0) is 31.2 Å². The molecule has 1 aromatic heterocycles. The number of methoxy groups -OCH3 is 1. The van der Waals surface area contributed by atoms with E-state index >= 15 is 0 Å². The molecule has 0 aliphatic carbocycles. The predicted molar refractivity (Wildman–Crippen MR) is 77.7 cm³/mol. The molecule has 1 heterocycles. The molecule has 0 saturated heterocycles. The van der Waals surface area contributed by atoms with E-state index in [-0.39, 0.29) is 6.04 Å². The summed E-state index contributed by atoms with van der Waals surface area (Å²) in [5, 5.41) is 4.09. The normalized spacial score (nSPS) is 12.2. The SMILES string of the molecule is CNC(Cc1ccccc1Cl)c1ccncc1OC. The standard InChI is InChI=1S/C15H17ClN2O/c1-17-14(9-11-5-3-4-6-13(11)16)12-7-8-18-10-15(12)19-2/h3-8,10,14,17H,9H2,1-2H3. The number of likely N-dealkylation sites (N-methyl/N-ethyl adjacent to an activating group) is 1. The van der Waals surface area contributed by atoms with Crippen LogP contribution >= 0.6 is 11.6 Å². The maximum Gasteiger partial charge on any atom is 0.141 e. The summed E-state index contributed by atoms with van der Waals surface area (Å²) in [5.74, 6) is 0.786. The first kappa shape index (κ1) is 13.8. The van der Waals surface area contributed by atoms with Gasteiger partial charge in [0.25, 0.3) is 0 Å². The molecule has 0 spiro atoms. The lowest BCUT2D eigenvalue weighted by Gasteiger charge is -2.19. The minimum Gasteiger partial charge on any atom is -0.495 e. The average Bonchev–Trinajstić information content (AvgIpc) is 2.46. The van der Waals surface area contributed by atoms with E-state index in [1.54, 1.807) is 19.5 Å². The van der Waals surface area contributed by atoms with Gasteiger partial charge in [-0.15, -0.1) is 0 Å². The maximum atomic E-state index is 6.22. The van der Waals surface area contributed by atoms with Crippen LogP contribution in [-0.4, -0.2) is 19.1 Å². The topological polar surface area (TPSA) is 34.2 Å². The molecule has 0 amide bonds. The maximum absolute atomic E-state index is 6.22. The van der Waals surface area contributed by atoms with Crippen molar-refractivity contribution in [2.75, 3.05) is 14.2 Å². The highest BCUT2D eigenvalue weighted by Gasteiger charge is 2.16. The Labute approximate surface area is 118 Å². The van der Waals surface area contributed by atoms with Crippen molar-refractivity contribution in [1.82, 2.24) is 10.3 Å². The van der Waals surface area contributed by atoms with Crippen molar-refractivity contribution in [2.24, 2.45) is 0 Å². The van der Waals surface area contributed by atoms with Crippen LogP contribution in [0, 0.1) is 0 Å². The first-order valence-corrected chi connectivity index (χ1v) is 6.52. The molecule has 1 atom stereocenters. The highest BCUT2D eigenvalue weighted by molar-refractivity contribution is 6.31. The lowest BCUT2D eigenvalue weighted by Crippen LogP contribution is -2.19. The summed E-state index contributed by atoms with van der Waals surface area (Å²) < 4.78 is 5.36. The molecular weight excluding hydrogens is 260 g/mol. The van der Waals surface area contributed by atoms with E-state index in [1.165, 1.54) is 0 Å². The lowest BCUT2D eigenvalue weighted by atomic mass is 9.99. The molecule has 1 aromatic carbocycles. The fraction of sp³-hybridized carbons (Fsp3) is 0.267. The Morgan fingerprint density at radius 2 is 2.11 bits per heavy atom. The van der Waals surface area contributed by atoms with Crippen molar-refractivity contribution in [3.05, 3.63) is 58.9 Å². The summed E-state index contributed by atoms with van der Waals surface area (Å²) >= 11 is 6.22. The van der Waals surface area contributed by atoms with E-state index in [0.717, 1.165) is 28.3 Å². The monoisotopic (exact) mass is 276 g/mol. The van der Waals surface area contributed by atoms with Gasteiger partial charge in [0.15, 0.2) is 0 Å². The Morgan fingerprint density at radius 3 is 2.79 bits per heavy atom. The number of rotatable bonds is 5. The summed E-state index contributed by atoms with van der Waals surface area (Å²) in [7, 11) is 3.59. The number of benzene rings is 1. The Balaban J connectivity index is 2.28. The van der Waals surface area contributed by atoms with E-state index in [0.29, 0.717) is 0 Å². The number of nitrogens with one attached hydrogen (secondary N) is 1. The average molecular weight is 277 g/mol. The summed E-state index contributed by atoms with van der Waals surface area (Å²) in [6, 6.07) is 9.99. The van der Waals surface area contributed by atoms with Crippen LogP contribution in [0.4, 0.5) is 0 Å². The van der Waals surface area contributed by atoms with Crippen molar-refractivity contribution < 1.29 is 4.74 Å². The molecule has 100 valence electrons. The Kier molecular flexibility index (Phi) is 4.77. The lowest BCUT2D eigenvalue weighted by molar-refractivity contribution is 0.399. The molecule has 19 heavy (non-hydrogen) atoms. The minimum atomic E-state index is 0.137. The van der Waals surface area contributed by atoms with Gasteiger partial charge in [-0.25, -0.2) is 0 Å². The van der Waals surface area contributed by atoms with Gasteiger partial charge in [0.1, 0.15) is 5.75 Å². The Bertz CT molecular complexity index is 545. The molecule has 1 N–H and O–H groups in total. The largest absolute Gasteiger partial charge is 0.495 e. The molecule has 0 radical (unpaired) electrons. The number of hydrogen-bond donors (Lipinski definition) is 1. The molecular formula is C15H17ClN2O. The van der Waals surface area contributed by atoms with E-state index in [2.05, 4.69) is 10.3 Å². The van der Waals surface area contributed by atoms with Crippen LogP contribution in [0.25, 0.3) is 0 Å². The first-order chi connectivity index (χ1) is 9.26. The number of halogens is 1. The van der Waals surface area contributed by atoms with E-state index in [9.17, 15) is 0 Å². The fourth-order valence-electron chi connectivity index (χ4n) is 2.10. The quantitative estimate of drug-likeness (QED) is 0.910. The highest BCUT2D eigenvalue weighted by Crippen LogP contribution is 2.28. The van der Waals surface area contributed by atoms with Crippen LogP contribution in [-0.2, 0) is 6.42 Å². The molecule has 0 fully saturated rings. The summed E-state index contributed by atoms with van der Waals surface area (Å²) in [6.45, 7) is 0. The van der Waals surface area contributed by atoms with E-state index in [1.807, 2.05) is 37.4 Å². The second-order valence-corrected chi connectivity index (χ2v) is 4.66. The van der Waals surface area contributed by atoms with Gasteiger partial charge in [0.2, 0.25) is 0 Å². The van der Waals surface area contributed by atoms with Crippen molar-refractivity contribution in [3.63, 3.8) is 0 Å². The number of pyridine rings is 1. The van der Waals surface area contributed by atoms with Gasteiger partial charge in [0.05, 0.1) is 13.3 Å². The van der Waals surface area contributed by atoms with Gasteiger partial charge in [-0.3, -0.25) is 4.98 Å². The highest BCUT2D eigenvalue weighted by atomic mass is 35.5. The van der Waals surface area contributed by atoms with Crippen LogP contribution in [0.1, 0.15) is 17.2 Å². The van der Waals surface area contributed by atoms with Gasteiger partial charge in [-0.2, -0.15) is 0 Å². The molecule has 0 saturated carbocycles. The number of nitrogens with zero attached hydrogens (tertiary/aromatic N) is 1. The third-order valence-corrected chi connectivity index (χ3v) is 3.51. The zero-order valence-corrected chi connectivity index (χ0v) is 11.8. The summed E-state index contributed by atoms with van der Waals surface area (Å²) in [5.41, 5.74) is 2.20. The zero-order valence-electron chi connectivity index (χ0n) is 11.1. The van der Waals surface area contributed by atoms with Gasteiger partial charge in [0, 0.05) is 22.8 Å². The second-order valence-electron chi connectivity index (χ2n) is 4.25. The summed E-state index contributed by atoms with van der Waals surface area (Å²) in [4.78, 5) is 4.08. The molecule has 3 nitrogen and oxygen atoms in total. The number of aromatic nitrogens is 1.